The zero-order chi connectivity index (χ0) is 13.8. The average Bonchev–Trinajstić information content (AvgIpc) is 2.33. The van der Waals surface area contributed by atoms with Crippen LogP contribution in [-0.4, -0.2) is 34.9 Å². The molecule has 0 spiro atoms. The highest BCUT2D eigenvalue weighted by Gasteiger charge is 2.33. The van der Waals surface area contributed by atoms with Crippen LogP contribution in [0.25, 0.3) is 0 Å². The number of nitrogens with two attached hydrogens (primary N) is 1. The molecule has 1 saturated heterocycles. The van der Waals surface area contributed by atoms with E-state index in [0.29, 0.717) is 6.42 Å². The zero-order valence-electron chi connectivity index (χ0n) is 11.6. The number of rotatable bonds is 4. The van der Waals surface area contributed by atoms with Crippen molar-refractivity contribution in [2.24, 2.45) is 22.2 Å². The molecule has 0 saturated carbocycles. The Hall–Kier alpha value is -1.26. The van der Waals surface area contributed by atoms with Crippen molar-refractivity contribution in [1.29, 1.82) is 0 Å². The molecule has 1 rings (SSSR count). The summed E-state index contributed by atoms with van der Waals surface area (Å²) in [7, 11) is 0. The predicted octanol–water partition coefficient (Wildman–Crippen LogP) is 1.80. The van der Waals surface area contributed by atoms with Crippen LogP contribution in [0.5, 0.6) is 0 Å². The molecule has 1 unspecified atom stereocenters. The number of oxime groups is 1. The van der Waals surface area contributed by atoms with Gasteiger partial charge in [0.25, 0.3) is 0 Å². The smallest absolute Gasteiger partial charge is 0.233 e. The molecule has 0 aromatic carbocycles. The lowest BCUT2D eigenvalue weighted by atomic mass is 9.83. The summed E-state index contributed by atoms with van der Waals surface area (Å²) in [5.41, 5.74) is 5.79. The van der Waals surface area contributed by atoms with E-state index in [1.807, 2.05) is 11.8 Å². The number of nitrogens with zero attached hydrogens (tertiary/aromatic N) is 2. The van der Waals surface area contributed by atoms with Crippen molar-refractivity contribution in [2.75, 3.05) is 13.1 Å². The number of carbonyl (C=O) groups is 1. The molecule has 18 heavy (non-hydrogen) atoms. The van der Waals surface area contributed by atoms with Crippen molar-refractivity contribution in [3.63, 3.8) is 0 Å². The highest BCUT2D eigenvalue weighted by atomic mass is 16.4. The zero-order valence-corrected chi connectivity index (χ0v) is 11.6. The molecule has 0 radical (unpaired) electrons. The van der Waals surface area contributed by atoms with Gasteiger partial charge in [-0.3, -0.25) is 4.79 Å². The minimum absolute atomic E-state index is 0.0000694. The van der Waals surface area contributed by atoms with E-state index in [2.05, 4.69) is 19.0 Å². The Balaban J connectivity index is 2.76. The molecular formula is C13H25N3O2. The molecule has 3 N–H and O–H groups in total. The molecule has 5 nitrogen and oxygen atoms in total. The SMILES string of the molecule is CCCC(C(=O)N1CCCC(C)(C)C1)C(N)=NO. The van der Waals surface area contributed by atoms with E-state index in [1.54, 1.807) is 0 Å². The fourth-order valence-electron chi connectivity index (χ4n) is 2.59. The lowest BCUT2D eigenvalue weighted by Crippen LogP contribution is -2.48. The van der Waals surface area contributed by atoms with Gasteiger partial charge in [-0.05, 0) is 24.7 Å². The van der Waals surface area contributed by atoms with Gasteiger partial charge in [0.2, 0.25) is 5.91 Å². The topological polar surface area (TPSA) is 78.9 Å². The number of likely N-dealkylation sites (tertiary alicyclic amines) is 1. The van der Waals surface area contributed by atoms with Crippen molar-refractivity contribution < 1.29 is 10.0 Å². The molecular weight excluding hydrogens is 230 g/mol. The Bertz CT molecular complexity index is 326. The number of amidine groups is 1. The summed E-state index contributed by atoms with van der Waals surface area (Å²) >= 11 is 0. The van der Waals surface area contributed by atoms with Crippen LogP contribution in [0.1, 0.15) is 46.5 Å². The molecule has 1 fully saturated rings. The molecule has 1 amide bonds. The van der Waals surface area contributed by atoms with Crippen LogP contribution in [0, 0.1) is 11.3 Å². The van der Waals surface area contributed by atoms with Gasteiger partial charge < -0.3 is 15.8 Å². The summed E-state index contributed by atoms with van der Waals surface area (Å²) < 4.78 is 0. The molecule has 0 aliphatic carbocycles. The first kappa shape index (κ1) is 14.8. The molecule has 5 heteroatoms. The quantitative estimate of drug-likeness (QED) is 0.348. The number of piperidine rings is 1. The minimum Gasteiger partial charge on any atom is -0.409 e. The molecule has 0 bridgehead atoms. The summed E-state index contributed by atoms with van der Waals surface area (Å²) in [4.78, 5) is 14.3. The van der Waals surface area contributed by atoms with Gasteiger partial charge in [-0.15, -0.1) is 0 Å². The molecule has 1 aliphatic heterocycles. The Morgan fingerprint density at radius 1 is 1.56 bits per heavy atom. The largest absolute Gasteiger partial charge is 0.409 e. The van der Waals surface area contributed by atoms with E-state index in [-0.39, 0.29) is 17.2 Å². The van der Waals surface area contributed by atoms with Crippen LogP contribution in [0.2, 0.25) is 0 Å². The fraction of sp³-hybridized carbons (Fsp3) is 0.846. The van der Waals surface area contributed by atoms with Gasteiger partial charge in [-0.1, -0.05) is 32.3 Å². The number of amides is 1. The predicted molar refractivity (Wildman–Crippen MR) is 71.4 cm³/mol. The summed E-state index contributed by atoms with van der Waals surface area (Å²) in [5, 5.41) is 11.8. The van der Waals surface area contributed by atoms with E-state index in [9.17, 15) is 4.79 Å². The molecule has 1 aliphatic rings. The Morgan fingerprint density at radius 3 is 2.72 bits per heavy atom. The third-order valence-electron chi connectivity index (χ3n) is 3.56. The molecule has 0 aromatic rings. The average molecular weight is 255 g/mol. The normalized spacial score (nSPS) is 21.7. The van der Waals surface area contributed by atoms with E-state index in [0.717, 1.165) is 32.4 Å². The lowest BCUT2D eigenvalue weighted by Gasteiger charge is -2.39. The third-order valence-corrected chi connectivity index (χ3v) is 3.56. The van der Waals surface area contributed by atoms with Crippen molar-refractivity contribution in [3.05, 3.63) is 0 Å². The minimum atomic E-state index is -0.478. The molecule has 0 aromatic heterocycles. The van der Waals surface area contributed by atoms with Gasteiger partial charge in [-0.2, -0.15) is 0 Å². The van der Waals surface area contributed by atoms with Gasteiger partial charge in [0.15, 0.2) is 5.84 Å². The van der Waals surface area contributed by atoms with E-state index in [4.69, 9.17) is 10.9 Å². The summed E-state index contributed by atoms with van der Waals surface area (Å²) in [6.07, 6.45) is 3.63. The van der Waals surface area contributed by atoms with Crippen molar-refractivity contribution in [3.8, 4) is 0 Å². The van der Waals surface area contributed by atoms with E-state index in [1.165, 1.54) is 0 Å². The Kier molecular flexibility index (Phi) is 4.99. The maximum Gasteiger partial charge on any atom is 0.233 e. The van der Waals surface area contributed by atoms with Gasteiger partial charge in [-0.25, -0.2) is 0 Å². The number of carbonyl (C=O) groups excluding carboxylic acids is 1. The monoisotopic (exact) mass is 255 g/mol. The Morgan fingerprint density at radius 2 is 2.22 bits per heavy atom. The van der Waals surface area contributed by atoms with Gasteiger partial charge in [0, 0.05) is 13.1 Å². The second-order valence-corrected chi connectivity index (χ2v) is 5.89. The van der Waals surface area contributed by atoms with Gasteiger partial charge in [0.1, 0.15) is 0 Å². The second-order valence-electron chi connectivity index (χ2n) is 5.89. The maximum absolute atomic E-state index is 12.4. The van der Waals surface area contributed by atoms with Crippen LogP contribution in [0.3, 0.4) is 0 Å². The molecule has 104 valence electrons. The van der Waals surface area contributed by atoms with Crippen LogP contribution in [0.15, 0.2) is 5.16 Å². The molecule has 1 atom stereocenters. The van der Waals surface area contributed by atoms with Crippen LogP contribution in [0.4, 0.5) is 0 Å². The summed E-state index contributed by atoms with van der Waals surface area (Å²) in [6, 6.07) is 0. The fourth-order valence-corrected chi connectivity index (χ4v) is 2.59. The van der Waals surface area contributed by atoms with Crippen molar-refractivity contribution >= 4 is 11.7 Å². The van der Waals surface area contributed by atoms with Crippen LogP contribution < -0.4 is 5.73 Å². The standard InChI is InChI=1S/C13H25N3O2/c1-4-6-10(11(14)15-18)12(17)16-8-5-7-13(2,3)9-16/h10,18H,4-9H2,1-3H3,(H2,14,15). The number of hydrogen-bond donors (Lipinski definition) is 2. The first-order valence-corrected chi connectivity index (χ1v) is 6.67. The van der Waals surface area contributed by atoms with Crippen molar-refractivity contribution in [1.82, 2.24) is 4.90 Å². The van der Waals surface area contributed by atoms with Crippen LogP contribution >= 0.6 is 0 Å². The highest BCUT2D eigenvalue weighted by molar-refractivity contribution is 6.02. The Labute approximate surface area is 109 Å². The highest BCUT2D eigenvalue weighted by Crippen LogP contribution is 2.29. The summed E-state index contributed by atoms with van der Waals surface area (Å²) in [6.45, 7) is 7.87. The first-order valence-electron chi connectivity index (χ1n) is 6.67. The second kappa shape index (κ2) is 6.07. The lowest BCUT2D eigenvalue weighted by molar-refractivity contribution is -0.136. The first-order chi connectivity index (χ1) is 8.41. The van der Waals surface area contributed by atoms with Gasteiger partial charge >= 0.3 is 0 Å². The maximum atomic E-state index is 12.4. The van der Waals surface area contributed by atoms with Crippen LogP contribution in [-0.2, 0) is 4.79 Å². The summed E-state index contributed by atoms with van der Waals surface area (Å²) in [5.74, 6) is -0.445. The van der Waals surface area contributed by atoms with Crippen molar-refractivity contribution in [2.45, 2.75) is 46.5 Å². The number of hydrogen-bond acceptors (Lipinski definition) is 3. The van der Waals surface area contributed by atoms with E-state index < -0.39 is 5.92 Å². The third kappa shape index (κ3) is 3.62. The molecule has 1 heterocycles. The van der Waals surface area contributed by atoms with Gasteiger partial charge in [0.05, 0.1) is 5.92 Å². The van der Waals surface area contributed by atoms with E-state index >= 15 is 0 Å².